The van der Waals surface area contributed by atoms with Crippen LogP contribution in [0.2, 0.25) is 0 Å². The number of carbonyl (C=O) groups excluding carboxylic acids is 5. The zero-order valence-electron chi connectivity index (χ0n) is 38.9. The fourth-order valence-corrected chi connectivity index (χ4v) is 8.36. The lowest BCUT2D eigenvalue weighted by atomic mass is 9.85. The van der Waals surface area contributed by atoms with Gasteiger partial charge in [-0.25, -0.2) is 14.2 Å². The molecule has 4 aromatic rings. The molecule has 0 bridgehead atoms. The fraction of sp³-hybridized carbons (Fsp3) is 0.449. The lowest BCUT2D eigenvalue weighted by molar-refractivity contribution is -0.144. The van der Waals surface area contributed by atoms with Gasteiger partial charge >= 0.3 is 6.09 Å². The van der Waals surface area contributed by atoms with Crippen LogP contribution < -0.4 is 26.6 Å². The molecule has 0 unspecified atom stereocenters. The molecule has 6 amide bonds. The van der Waals surface area contributed by atoms with Gasteiger partial charge in [-0.3, -0.25) is 29.3 Å². The summed E-state index contributed by atoms with van der Waals surface area (Å²) in [6, 6.07) is 15.4. The smallest absolute Gasteiger partial charge is 0.409 e. The van der Waals surface area contributed by atoms with E-state index in [-0.39, 0.29) is 61.5 Å². The minimum Gasteiger partial charge on any atom is -0.465 e. The van der Waals surface area contributed by atoms with Gasteiger partial charge in [-0.1, -0.05) is 77.1 Å². The summed E-state index contributed by atoms with van der Waals surface area (Å²) in [7, 11) is 0. The van der Waals surface area contributed by atoms with Crippen LogP contribution in [0.4, 0.5) is 26.2 Å². The first-order chi connectivity index (χ1) is 32.5. The van der Waals surface area contributed by atoms with E-state index >= 15 is 0 Å². The van der Waals surface area contributed by atoms with E-state index in [0.717, 1.165) is 78.8 Å². The molecule has 5 rings (SSSR count). The summed E-state index contributed by atoms with van der Waals surface area (Å²) in [5.74, 6) is -2.83. The van der Waals surface area contributed by atoms with Gasteiger partial charge in [0.2, 0.25) is 23.6 Å². The number of anilines is 3. The van der Waals surface area contributed by atoms with Crippen molar-refractivity contribution >= 4 is 64.0 Å². The van der Waals surface area contributed by atoms with Crippen LogP contribution in [0.15, 0.2) is 72.2 Å². The molecule has 3 aromatic carbocycles. The number of hydrogen-bond donors (Lipinski definition) is 7. The van der Waals surface area contributed by atoms with Crippen molar-refractivity contribution in [1.29, 1.82) is 0 Å². The lowest BCUT2D eigenvalue weighted by Crippen LogP contribution is -2.58. The summed E-state index contributed by atoms with van der Waals surface area (Å²) in [6.07, 6.45) is 4.24. The molecule has 1 aromatic heterocycles. The summed E-state index contributed by atoms with van der Waals surface area (Å²) < 4.78 is 24.7. The highest BCUT2D eigenvalue weighted by molar-refractivity contribution is 7.13. The van der Waals surface area contributed by atoms with Crippen LogP contribution in [0.5, 0.6) is 0 Å². The van der Waals surface area contributed by atoms with Crippen LogP contribution in [0.1, 0.15) is 93.8 Å². The highest BCUT2D eigenvalue weighted by Crippen LogP contribution is 2.29. The van der Waals surface area contributed by atoms with Crippen LogP contribution >= 0.6 is 11.3 Å². The minimum absolute atomic E-state index is 0.0140. The van der Waals surface area contributed by atoms with Crippen molar-refractivity contribution in [3.05, 3.63) is 94.9 Å². The monoisotopic (exact) mass is 959 g/mol. The van der Waals surface area contributed by atoms with Crippen LogP contribution in [0, 0.1) is 18.2 Å². The molecular weight excluding hydrogens is 898 g/mol. The predicted molar refractivity (Wildman–Crippen MR) is 257 cm³/mol. The van der Waals surface area contributed by atoms with Crippen molar-refractivity contribution in [2.24, 2.45) is 5.41 Å². The van der Waals surface area contributed by atoms with E-state index < -0.39 is 53.2 Å². The quantitative estimate of drug-likeness (QED) is 0.0349. The van der Waals surface area contributed by atoms with Gasteiger partial charge in [-0.15, -0.1) is 11.3 Å². The largest absolute Gasteiger partial charge is 0.465 e. The fourth-order valence-electron chi connectivity index (χ4n) is 7.55. The summed E-state index contributed by atoms with van der Waals surface area (Å²) in [5.41, 5.74) is 4.66. The molecule has 7 N–H and O–H groups in total. The summed E-state index contributed by atoms with van der Waals surface area (Å²) in [4.78, 5) is 83.1. The van der Waals surface area contributed by atoms with Gasteiger partial charge in [0.05, 0.1) is 33.6 Å². The molecule has 2 heterocycles. The number of carboxylic acid groups (broad SMARTS) is 1. The van der Waals surface area contributed by atoms with Crippen molar-refractivity contribution < 1.29 is 52.8 Å². The van der Waals surface area contributed by atoms with Gasteiger partial charge in [0, 0.05) is 44.0 Å². The number of aliphatic hydroxyl groups excluding tert-OH is 1. The van der Waals surface area contributed by atoms with E-state index in [1.54, 1.807) is 29.0 Å². The van der Waals surface area contributed by atoms with Crippen molar-refractivity contribution in [2.75, 3.05) is 48.9 Å². The van der Waals surface area contributed by atoms with E-state index in [2.05, 4.69) is 26.3 Å². The molecular formula is C49H62FN7O10S. The zero-order valence-corrected chi connectivity index (χ0v) is 39.7. The van der Waals surface area contributed by atoms with E-state index in [0.29, 0.717) is 18.9 Å². The molecule has 1 aliphatic heterocycles. The van der Waals surface area contributed by atoms with Crippen LogP contribution in [0.3, 0.4) is 0 Å². The lowest BCUT2D eigenvalue weighted by Gasteiger charge is -2.35. The number of unbranched alkanes of at least 4 members (excludes halogenated alkanes) is 6. The Morgan fingerprint density at radius 1 is 0.824 bits per heavy atom. The molecule has 0 aliphatic carbocycles. The van der Waals surface area contributed by atoms with E-state index in [4.69, 9.17) is 14.6 Å². The standard InChI is InChI=1S/C49H62FN7O10S/c1-31-43(68-30-52-31)33-14-12-32(13-15-33)26-51-46(62)40-25-37(58)27-57(40)47(63)44(49(2,3)4)56-42(60)29-67-23-11-9-7-5-6-8-10-22-66-28-41(59)53-36-19-16-34(17-20-36)45(61)54-38-21-18-35(50)24-39(38)55-48(64)65/h12-21,24,30,37,40,44,55,58H,5-11,22-23,25-29H2,1-4H3,(H,51,62)(H,53,59)(H,54,61)(H,56,60)(H,64,65)/t37-,40+,44-/m1/s1. The first kappa shape index (κ1) is 52.7. The maximum Gasteiger partial charge on any atom is 0.409 e. The third kappa shape index (κ3) is 16.5. The van der Waals surface area contributed by atoms with Crippen molar-refractivity contribution in [3.63, 3.8) is 0 Å². The molecule has 1 fully saturated rings. The van der Waals surface area contributed by atoms with E-state index in [1.807, 2.05) is 57.3 Å². The Hall–Kier alpha value is -6.28. The number of nitrogens with zero attached hydrogens (tertiary/aromatic N) is 2. The number of nitrogens with one attached hydrogen (secondary N) is 5. The molecule has 1 aliphatic rings. The highest BCUT2D eigenvalue weighted by Gasteiger charge is 2.44. The predicted octanol–water partition coefficient (Wildman–Crippen LogP) is 7.11. The van der Waals surface area contributed by atoms with Gasteiger partial charge in [-0.2, -0.15) is 0 Å². The first-order valence-corrected chi connectivity index (χ1v) is 23.6. The third-order valence-corrected chi connectivity index (χ3v) is 12.1. The number of aliphatic hydroxyl groups is 1. The Balaban J connectivity index is 0.900. The molecule has 0 spiro atoms. The SMILES string of the molecule is Cc1ncsc1-c1ccc(CNC(=O)[C@@H]2C[C@@H](O)CN2C(=O)[C@@H](NC(=O)COCCCCCCCCCOCC(=O)Nc2ccc(C(=O)Nc3ccc(F)cc3NC(=O)O)cc2)C(C)(C)C)cc1. The topological polar surface area (TPSA) is 238 Å². The molecule has 19 heteroatoms. The second kappa shape index (κ2) is 25.7. The van der Waals surface area contributed by atoms with E-state index in [1.165, 1.54) is 23.1 Å². The van der Waals surface area contributed by atoms with Crippen LogP contribution in [-0.2, 0) is 35.2 Å². The van der Waals surface area contributed by atoms with Crippen molar-refractivity contribution in [2.45, 2.75) is 104 Å². The van der Waals surface area contributed by atoms with Gasteiger partial charge in [0.1, 0.15) is 31.1 Å². The Labute approximate surface area is 399 Å². The van der Waals surface area contributed by atoms with Gasteiger partial charge in [0.25, 0.3) is 5.91 Å². The number of halogens is 1. The Morgan fingerprint density at radius 2 is 1.46 bits per heavy atom. The third-order valence-electron chi connectivity index (χ3n) is 11.2. The summed E-state index contributed by atoms with van der Waals surface area (Å²) in [5, 5.41) is 32.5. The highest BCUT2D eigenvalue weighted by atomic mass is 32.1. The molecule has 0 saturated carbocycles. The van der Waals surface area contributed by atoms with Gasteiger partial charge in [-0.05, 0) is 78.8 Å². The maximum atomic E-state index is 13.9. The number of aryl methyl sites for hydroxylation is 1. The number of carbonyl (C=O) groups is 6. The van der Waals surface area contributed by atoms with E-state index in [9.17, 15) is 38.3 Å². The number of thiazole rings is 1. The minimum atomic E-state index is -1.41. The average molecular weight is 960 g/mol. The van der Waals surface area contributed by atoms with Crippen molar-refractivity contribution in [1.82, 2.24) is 20.5 Å². The van der Waals surface area contributed by atoms with Crippen LogP contribution in [-0.4, -0.2) is 107 Å². The first-order valence-electron chi connectivity index (χ1n) is 22.7. The second-order valence-corrected chi connectivity index (χ2v) is 18.6. The van der Waals surface area contributed by atoms with Crippen molar-refractivity contribution in [3.8, 4) is 10.4 Å². The zero-order chi connectivity index (χ0) is 49.2. The average Bonchev–Trinajstić information content (AvgIpc) is 3.91. The Morgan fingerprint density at radius 3 is 2.06 bits per heavy atom. The molecule has 17 nitrogen and oxygen atoms in total. The number of aromatic nitrogens is 1. The van der Waals surface area contributed by atoms with Gasteiger partial charge < -0.3 is 45.9 Å². The summed E-state index contributed by atoms with van der Waals surface area (Å²) >= 11 is 1.57. The molecule has 1 saturated heterocycles. The van der Waals surface area contributed by atoms with Gasteiger partial charge in [0.15, 0.2) is 0 Å². The second-order valence-electron chi connectivity index (χ2n) is 17.7. The number of amides is 6. The molecule has 3 atom stereocenters. The normalized spacial score (nSPS) is 15.1. The molecule has 68 heavy (non-hydrogen) atoms. The number of hydrogen-bond acceptors (Lipinski definition) is 11. The number of rotatable bonds is 24. The number of β-amino-alcohol motifs (C(OH)–C–C–N with tert-alkyl or cyclic N) is 1. The molecule has 366 valence electrons. The number of likely N-dealkylation sites (tertiary alicyclic amines) is 1. The molecule has 0 radical (unpaired) electrons. The Bertz CT molecular complexity index is 2340. The number of benzene rings is 3. The van der Waals surface area contributed by atoms with Crippen LogP contribution in [0.25, 0.3) is 10.4 Å². The maximum absolute atomic E-state index is 13.9. The number of ether oxygens (including phenoxy) is 2. The summed E-state index contributed by atoms with van der Waals surface area (Å²) in [6.45, 7) is 8.16. The Kier molecular flexibility index (Phi) is 19.9.